The zero-order valence-electron chi connectivity index (χ0n) is 16.5. The normalized spacial score (nSPS) is 17.1. The minimum absolute atomic E-state index is 0.0269. The quantitative estimate of drug-likeness (QED) is 0.883. The topological polar surface area (TPSA) is 64.6 Å². The molecule has 2 amide bonds. The van der Waals surface area contributed by atoms with Crippen molar-refractivity contribution in [3.63, 3.8) is 0 Å². The number of nitrogens with zero attached hydrogens (tertiary/aromatic N) is 5. The van der Waals surface area contributed by atoms with Crippen LogP contribution in [-0.2, 0) is 6.42 Å². The second kappa shape index (κ2) is 8.46. The first kappa shape index (κ1) is 18.5. The first-order chi connectivity index (χ1) is 13.7. The van der Waals surface area contributed by atoms with Gasteiger partial charge >= 0.3 is 6.03 Å². The Hall–Kier alpha value is -2.83. The highest BCUT2D eigenvalue weighted by Gasteiger charge is 2.23. The van der Waals surface area contributed by atoms with Crippen LogP contribution in [0.25, 0.3) is 0 Å². The minimum Gasteiger partial charge on any atom is -0.353 e. The number of carbonyl (C=O) groups excluding carboxylic acids is 1. The van der Waals surface area contributed by atoms with Crippen LogP contribution in [0.5, 0.6) is 0 Å². The van der Waals surface area contributed by atoms with Gasteiger partial charge in [-0.3, -0.25) is 0 Å². The molecule has 1 aromatic heterocycles. The maximum Gasteiger partial charge on any atom is 0.321 e. The van der Waals surface area contributed by atoms with Crippen molar-refractivity contribution < 1.29 is 4.79 Å². The van der Waals surface area contributed by atoms with Gasteiger partial charge in [-0.05, 0) is 37.0 Å². The Morgan fingerprint density at radius 3 is 2.50 bits per heavy atom. The number of amides is 2. The number of hydrogen-bond acceptors (Lipinski definition) is 5. The molecule has 0 radical (unpaired) electrons. The van der Waals surface area contributed by atoms with Gasteiger partial charge in [-0.25, -0.2) is 9.78 Å². The van der Waals surface area contributed by atoms with Crippen molar-refractivity contribution >= 4 is 23.5 Å². The minimum atomic E-state index is -0.0269. The SMILES string of the molecule is CCc1ccccc1NC(=O)N1CCN(c2ccnc(N3CCCC3)n2)CC1. The molecule has 7 nitrogen and oxygen atoms in total. The molecule has 148 valence electrons. The largest absolute Gasteiger partial charge is 0.353 e. The maximum atomic E-state index is 12.7. The van der Waals surface area contributed by atoms with E-state index >= 15 is 0 Å². The second-order valence-electron chi connectivity index (χ2n) is 7.32. The number of rotatable bonds is 4. The number of urea groups is 1. The van der Waals surface area contributed by atoms with Gasteiger partial charge in [0, 0.05) is 51.2 Å². The summed E-state index contributed by atoms with van der Waals surface area (Å²) >= 11 is 0. The van der Waals surface area contributed by atoms with Gasteiger partial charge < -0.3 is 20.0 Å². The van der Waals surface area contributed by atoms with Gasteiger partial charge in [0.1, 0.15) is 5.82 Å². The van der Waals surface area contributed by atoms with Gasteiger partial charge in [-0.1, -0.05) is 25.1 Å². The Morgan fingerprint density at radius 2 is 1.75 bits per heavy atom. The molecule has 7 heteroatoms. The number of benzene rings is 1. The van der Waals surface area contributed by atoms with Crippen LogP contribution in [0.15, 0.2) is 36.5 Å². The Labute approximate surface area is 166 Å². The van der Waals surface area contributed by atoms with E-state index < -0.39 is 0 Å². The summed E-state index contributed by atoms with van der Waals surface area (Å²) in [6, 6.07) is 9.92. The maximum absolute atomic E-state index is 12.7. The highest BCUT2D eigenvalue weighted by atomic mass is 16.2. The first-order valence-corrected chi connectivity index (χ1v) is 10.2. The van der Waals surface area contributed by atoms with Crippen molar-refractivity contribution in [3.8, 4) is 0 Å². The van der Waals surface area contributed by atoms with Crippen LogP contribution >= 0.6 is 0 Å². The van der Waals surface area contributed by atoms with Gasteiger partial charge in [0.2, 0.25) is 5.95 Å². The monoisotopic (exact) mass is 380 g/mol. The highest BCUT2D eigenvalue weighted by molar-refractivity contribution is 5.90. The summed E-state index contributed by atoms with van der Waals surface area (Å²) in [5, 5.41) is 3.07. The van der Waals surface area contributed by atoms with Crippen molar-refractivity contribution in [1.82, 2.24) is 14.9 Å². The van der Waals surface area contributed by atoms with Crippen LogP contribution < -0.4 is 15.1 Å². The van der Waals surface area contributed by atoms with Crippen LogP contribution in [0, 0.1) is 0 Å². The lowest BCUT2D eigenvalue weighted by atomic mass is 10.1. The molecule has 1 N–H and O–H groups in total. The summed E-state index contributed by atoms with van der Waals surface area (Å²) in [5.41, 5.74) is 2.06. The molecule has 2 saturated heterocycles. The molecule has 2 aromatic rings. The zero-order valence-corrected chi connectivity index (χ0v) is 16.5. The molecular formula is C21H28N6O. The molecular weight excluding hydrogens is 352 g/mol. The third kappa shape index (κ3) is 4.03. The molecule has 1 aromatic carbocycles. The summed E-state index contributed by atoms with van der Waals surface area (Å²) < 4.78 is 0. The molecule has 0 bridgehead atoms. The van der Waals surface area contributed by atoms with Crippen molar-refractivity contribution in [2.75, 3.05) is 54.4 Å². The van der Waals surface area contributed by atoms with Crippen molar-refractivity contribution in [3.05, 3.63) is 42.1 Å². The molecule has 0 atom stereocenters. The number of hydrogen-bond donors (Lipinski definition) is 1. The molecule has 2 aliphatic rings. The Balaban J connectivity index is 1.35. The van der Waals surface area contributed by atoms with E-state index in [1.165, 1.54) is 12.8 Å². The van der Waals surface area contributed by atoms with Crippen LogP contribution in [0.3, 0.4) is 0 Å². The van der Waals surface area contributed by atoms with E-state index in [2.05, 4.69) is 33.1 Å². The van der Waals surface area contributed by atoms with E-state index in [1.54, 1.807) is 0 Å². The van der Waals surface area contributed by atoms with Crippen LogP contribution in [0.1, 0.15) is 25.3 Å². The van der Waals surface area contributed by atoms with E-state index in [-0.39, 0.29) is 6.03 Å². The first-order valence-electron chi connectivity index (χ1n) is 10.2. The van der Waals surface area contributed by atoms with E-state index in [9.17, 15) is 4.79 Å². The number of para-hydroxylation sites is 1. The van der Waals surface area contributed by atoms with Crippen LogP contribution in [-0.4, -0.2) is 60.2 Å². The fourth-order valence-corrected chi connectivity index (χ4v) is 3.87. The Morgan fingerprint density at radius 1 is 1.00 bits per heavy atom. The lowest BCUT2D eigenvalue weighted by Crippen LogP contribution is -2.50. The molecule has 28 heavy (non-hydrogen) atoms. The number of carbonyl (C=O) groups is 1. The summed E-state index contributed by atoms with van der Waals surface area (Å²) in [6.45, 7) is 7.10. The molecule has 3 heterocycles. The Kier molecular flexibility index (Phi) is 5.60. The molecule has 0 aliphatic carbocycles. The number of aryl methyl sites for hydroxylation is 1. The number of nitrogens with one attached hydrogen (secondary N) is 1. The van der Waals surface area contributed by atoms with E-state index in [1.807, 2.05) is 35.4 Å². The predicted molar refractivity (Wildman–Crippen MR) is 112 cm³/mol. The van der Waals surface area contributed by atoms with Gasteiger partial charge in [-0.15, -0.1) is 0 Å². The zero-order chi connectivity index (χ0) is 19.3. The fourth-order valence-electron chi connectivity index (χ4n) is 3.87. The average Bonchev–Trinajstić information content (AvgIpc) is 3.29. The molecule has 2 aliphatic heterocycles. The van der Waals surface area contributed by atoms with Crippen LogP contribution in [0.4, 0.5) is 22.2 Å². The molecule has 2 fully saturated rings. The average molecular weight is 380 g/mol. The predicted octanol–water partition coefficient (Wildman–Crippen LogP) is 2.99. The van der Waals surface area contributed by atoms with E-state index in [0.717, 1.165) is 55.6 Å². The van der Waals surface area contributed by atoms with Gasteiger partial charge in [0.15, 0.2) is 0 Å². The molecule has 4 rings (SSSR count). The second-order valence-corrected chi connectivity index (χ2v) is 7.32. The van der Waals surface area contributed by atoms with Gasteiger partial charge in [-0.2, -0.15) is 4.98 Å². The number of piperazine rings is 1. The molecule has 0 saturated carbocycles. The van der Waals surface area contributed by atoms with Crippen molar-refractivity contribution in [2.45, 2.75) is 26.2 Å². The number of anilines is 3. The summed E-state index contributed by atoms with van der Waals surface area (Å²) in [7, 11) is 0. The fraction of sp³-hybridized carbons (Fsp3) is 0.476. The lowest BCUT2D eigenvalue weighted by Gasteiger charge is -2.35. The van der Waals surface area contributed by atoms with Gasteiger partial charge in [0.05, 0.1) is 0 Å². The van der Waals surface area contributed by atoms with Crippen molar-refractivity contribution in [2.24, 2.45) is 0 Å². The van der Waals surface area contributed by atoms with Crippen LogP contribution in [0.2, 0.25) is 0 Å². The smallest absolute Gasteiger partial charge is 0.321 e. The lowest BCUT2D eigenvalue weighted by molar-refractivity contribution is 0.208. The third-order valence-electron chi connectivity index (χ3n) is 5.55. The van der Waals surface area contributed by atoms with E-state index in [0.29, 0.717) is 13.1 Å². The summed E-state index contributed by atoms with van der Waals surface area (Å²) in [5.74, 6) is 1.78. The summed E-state index contributed by atoms with van der Waals surface area (Å²) in [6.07, 6.45) is 5.17. The molecule has 0 spiro atoms. The van der Waals surface area contributed by atoms with Gasteiger partial charge in [0.25, 0.3) is 0 Å². The summed E-state index contributed by atoms with van der Waals surface area (Å²) in [4.78, 5) is 28.2. The van der Waals surface area contributed by atoms with E-state index in [4.69, 9.17) is 4.98 Å². The van der Waals surface area contributed by atoms with Crippen molar-refractivity contribution in [1.29, 1.82) is 0 Å². The Bertz CT molecular complexity index is 812. The number of aromatic nitrogens is 2. The molecule has 0 unspecified atom stereocenters. The standard InChI is InChI=1S/C21H28N6O/c1-2-17-7-3-4-8-18(17)23-21(28)27-15-13-25(14-16-27)19-9-10-22-20(24-19)26-11-5-6-12-26/h3-4,7-10H,2,5-6,11-16H2,1H3,(H,23,28). The third-order valence-corrected chi connectivity index (χ3v) is 5.55. The highest BCUT2D eigenvalue weighted by Crippen LogP contribution is 2.21.